The monoisotopic (exact) mass is 322 g/mol. The van der Waals surface area contributed by atoms with Crippen LogP contribution in [0.5, 0.6) is 0 Å². The van der Waals surface area contributed by atoms with Crippen LogP contribution in [0.15, 0.2) is 12.3 Å². The summed E-state index contributed by atoms with van der Waals surface area (Å²) in [6, 6.07) is 1.42. The van der Waals surface area contributed by atoms with Crippen LogP contribution in [0.4, 0.5) is 10.6 Å². The van der Waals surface area contributed by atoms with Gasteiger partial charge in [0.25, 0.3) is 0 Å². The van der Waals surface area contributed by atoms with Gasteiger partial charge in [-0.15, -0.1) is 0 Å². The molecule has 1 aliphatic carbocycles. The predicted octanol–water partition coefficient (Wildman–Crippen LogP) is 2.85. The molecule has 1 saturated carbocycles. The third kappa shape index (κ3) is 4.97. The van der Waals surface area contributed by atoms with E-state index in [2.05, 4.69) is 15.7 Å². The van der Waals surface area contributed by atoms with Gasteiger partial charge < -0.3 is 15.4 Å². The molecule has 2 rings (SSSR count). The minimum Gasteiger partial charge on any atom is -0.444 e. The Bertz CT molecular complexity index is 556. The molecule has 1 atom stereocenters. The molecule has 1 aromatic heterocycles. The number of amides is 2. The van der Waals surface area contributed by atoms with Crippen LogP contribution >= 0.6 is 0 Å². The Morgan fingerprint density at radius 2 is 2.00 bits per heavy atom. The summed E-state index contributed by atoms with van der Waals surface area (Å²) >= 11 is 0. The summed E-state index contributed by atoms with van der Waals surface area (Å²) in [7, 11) is 0. The molecule has 7 nitrogen and oxygen atoms in total. The molecule has 0 unspecified atom stereocenters. The van der Waals surface area contributed by atoms with Crippen LogP contribution in [0.3, 0.4) is 0 Å². The predicted molar refractivity (Wildman–Crippen MR) is 87.2 cm³/mol. The van der Waals surface area contributed by atoms with Gasteiger partial charge in [-0.3, -0.25) is 4.79 Å². The Hall–Kier alpha value is -2.05. The number of alkyl carbamates (subject to hydrolysis) is 1. The van der Waals surface area contributed by atoms with E-state index in [1.54, 1.807) is 40.0 Å². The van der Waals surface area contributed by atoms with E-state index < -0.39 is 17.7 Å². The number of ether oxygens (including phenoxy) is 1. The van der Waals surface area contributed by atoms with Gasteiger partial charge in [0.15, 0.2) is 0 Å². The van der Waals surface area contributed by atoms with E-state index in [0.717, 1.165) is 12.8 Å². The van der Waals surface area contributed by atoms with E-state index in [1.165, 1.54) is 12.8 Å². The number of anilines is 1. The van der Waals surface area contributed by atoms with E-state index in [4.69, 9.17) is 4.74 Å². The van der Waals surface area contributed by atoms with Gasteiger partial charge in [-0.05, 0) is 40.5 Å². The standard InChI is InChI=1S/C16H26N4O3/c1-11(18-15(22)23-16(2,3)4)14(21)19-13-9-10-17-20(13)12-7-5-6-8-12/h9-12H,5-8H2,1-4H3,(H,18,22)(H,19,21)/t11-/m1/s1. The zero-order valence-electron chi connectivity index (χ0n) is 14.3. The van der Waals surface area contributed by atoms with Crippen molar-refractivity contribution in [2.75, 3.05) is 5.32 Å². The molecule has 0 saturated heterocycles. The fourth-order valence-corrected chi connectivity index (χ4v) is 2.64. The summed E-state index contributed by atoms with van der Waals surface area (Å²) in [5, 5.41) is 9.67. The Balaban J connectivity index is 1.91. The summed E-state index contributed by atoms with van der Waals surface area (Å²) in [5.41, 5.74) is -0.596. The number of aromatic nitrogens is 2. The number of hydrogen-bond donors (Lipinski definition) is 2. The number of carbonyl (C=O) groups excluding carboxylic acids is 2. The molecule has 0 radical (unpaired) electrons. The zero-order chi connectivity index (χ0) is 17.0. The summed E-state index contributed by atoms with van der Waals surface area (Å²) in [5.74, 6) is 0.371. The Labute approximate surface area is 136 Å². The summed E-state index contributed by atoms with van der Waals surface area (Å²) in [6.07, 6.45) is 5.61. The molecule has 2 amide bonds. The van der Waals surface area contributed by atoms with Gasteiger partial charge in [0.1, 0.15) is 17.5 Å². The van der Waals surface area contributed by atoms with Crippen LogP contribution in [-0.2, 0) is 9.53 Å². The van der Waals surface area contributed by atoms with Crippen LogP contribution in [0.1, 0.15) is 59.4 Å². The van der Waals surface area contributed by atoms with Crippen molar-refractivity contribution in [3.8, 4) is 0 Å². The lowest BCUT2D eigenvalue weighted by Crippen LogP contribution is -2.44. The van der Waals surface area contributed by atoms with Gasteiger partial charge in [0.05, 0.1) is 12.2 Å². The summed E-state index contributed by atoms with van der Waals surface area (Å²) in [6.45, 7) is 6.95. The van der Waals surface area contributed by atoms with Crippen molar-refractivity contribution in [2.45, 2.75) is 71.1 Å². The van der Waals surface area contributed by atoms with Gasteiger partial charge >= 0.3 is 6.09 Å². The van der Waals surface area contributed by atoms with Crippen molar-refractivity contribution in [1.82, 2.24) is 15.1 Å². The third-order valence-corrected chi connectivity index (χ3v) is 3.72. The SMILES string of the molecule is C[C@@H](NC(=O)OC(C)(C)C)C(=O)Nc1ccnn1C1CCCC1. The quantitative estimate of drug-likeness (QED) is 0.892. The Morgan fingerprint density at radius 3 is 2.61 bits per heavy atom. The van der Waals surface area contributed by atoms with Gasteiger partial charge in [-0.25, -0.2) is 9.48 Å². The van der Waals surface area contributed by atoms with E-state index in [9.17, 15) is 9.59 Å². The molecule has 1 fully saturated rings. The lowest BCUT2D eigenvalue weighted by Gasteiger charge is -2.22. The smallest absolute Gasteiger partial charge is 0.408 e. The van der Waals surface area contributed by atoms with Crippen LogP contribution < -0.4 is 10.6 Å². The van der Waals surface area contributed by atoms with Crippen molar-refractivity contribution < 1.29 is 14.3 Å². The molecule has 1 heterocycles. The topological polar surface area (TPSA) is 85.2 Å². The van der Waals surface area contributed by atoms with E-state index >= 15 is 0 Å². The molecule has 7 heteroatoms. The third-order valence-electron chi connectivity index (χ3n) is 3.72. The van der Waals surface area contributed by atoms with Crippen molar-refractivity contribution in [1.29, 1.82) is 0 Å². The highest BCUT2D eigenvalue weighted by atomic mass is 16.6. The number of nitrogens with zero attached hydrogens (tertiary/aromatic N) is 2. The molecular weight excluding hydrogens is 296 g/mol. The second-order valence-corrected chi connectivity index (χ2v) is 6.96. The first-order valence-corrected chi connectivity index (χ1v) is 8.10. The fourth-order valence-electron chi connectivity index (χ4n) is 2.64. The Kier molecular flexibility index (Phi) is 5.28. The molecular formula is C16H26N4O3. The van der Waals surface area contributed by atoms with Gasteiger partial charge in [-0.1, -0.05) is 12.8 Å². The molecule has 0 spiro atoms. The van der Waals surface area contributed by atoms with Gasteiger partial charge in [0.2, 0.25) is 5.91 Å². The lowest BCUT2D eigenvalue weighted by atomic mass is 10.2. The highest BCUT2D eigenvalue weighted by Gasteiger charge is 2.24. The second kappa shape index (κ2) is 7.02. The first kappa shape index (κ1) is 17.3. The number of carbonyl (C=O) groups is 2. The van der Waals surface area contributed by atoms with Crippen molar-refractivity contribution in [3.63, 3.8) is 0 Å². The van der Waals surface area contributed by atoms with Gasteiger partial charge in [-0.2, -0.15) is 5.10 Å². The van der Waals surface area contributed by atoms with Crippen molar-refractivity contribution >= 4 is 17.8 Å². The fraction of sp³-hybridized carbons (Fsp3) is 0.688. The zero-order valence-corrected chi connectivity index (χ0v) is 14.3. The first-order valence-electron chi connectivity index (χ1n) is 8.10. The number of rotatable bonds is 4. The first-order chi connectivity index (χ1) is 10.8. The van der Waals surface area contributed by atoms with Crippen molar-refractivity contribution in [2.24, 2.45) is 0 Å². The van der Waals surface area contributed by atoms with Crippen LogP contribution in [0.25, 0.3) is 0 Å². The molecule has 0 aliphatic heterocycles. The molecule has 0 bridgehead atoms. The maximum Gasteiger partial charge on any atom is 0.408 e. The van der Waals surface area contributed by atoms with E-state index in [0.29, 0.717) is 11.9 Å². The normalized spacial score (nSPS) is 16.9. The van der Waals surface area contributed by atoms with Crippen LogP contribution in [-0.4, -0.2) is 33.4 Å². The van der Waals surface area contributed by atoms with Gasteiger partial charge in [0, 0.05) is 6.07 Å². The molecule has 0 aromatic carbocycles. The molecule has 1 aromatic rings. The highest BCUT2D eigenvalue weighted by molar-refractivity contribution is 5.95. The summed E-state index contributed by atoms with van der Waals surface area (Å²) < 4.78 is 7.02. The number of hydrogen-bond acceptors (Lipinski definition) is 4. The highest BCUT2D eigenvalue weighted by Crippen LogP contribution is 2.31. The van der Waals surface area contributed by atoms with Crippen molar-refractivity contribution in [3.05, 3.63) is 12.3 Å². The van der Waals surface area contributed by atoms with Crippen LogP contribution in [0, 0.1) is 0 Å². The minimum absolute atomic E-state index is 0.296. The molecule has 2 N–H and O–H groups in total. The molecule has 23 heavy (non-hydrogen) atoms. The molecule has 128 valence electrons. The maximum absolute atomic E-state index is 12.3. The molecule has 1 aliphatic rings. The number of nitrogens with one attached hydrogen (secondary N) is 2. The van der Waals surface area contributed by atoms with E-state index in [1.807, 2.05) is 4.68 Å². The average molecular weight is 322 g/mol. The minimum atomic E-state index is -0.697. The van der Waals surface area contributed by atoms with E-state index in [-0.39, 0.29) is 5.91 Å². The van der Waals surface area contributed by atoms with Crippen LogP contribution in [0.2, 0.25) is 0 Å². The maximum atomic E-state index is 12.3. The average Bonchev–Trinajstić information content (AvgIpc) is 3.05. The largest absolute Gasteiger partial charge is 0.444 e. The summed E-state index contributed by atoms with van der Waals surface area (Å²) in [4.78, 5) is 24.0. The lowest BCUT2D eigenvalue weighted by molar-refractivity contribution is -0.117. The Morgan fingerprint density at radius 1 is 1.35 bits per heavy atom. The second-order valence-electron chi connectivity index (χ2n) is 6.96.